The lowest BCUT2D eigenvalue weighted by Gasteiger charge is -2.21. The van der Waals surface area contributed by atoms with Crippen molar-refractivity contribution in [2.45, 2.75) is 19.4 Å². The van der Waals surface area contributed by atoms with Crippen LogP contribution in [0, 0.1) is 5.92 Å². The molecule has 23 heavy (non-hydrogen) atoms. The Morgan fingerprint density at radius 2 is 2.30 bits per heavy atom. The number of pyridine rings is 1. The maximum atomic E-state index is 11.7. The van der Waals surface area contributed by atoms with E-state index in [4.69, 9.17) is 9.47 Å². The third kappa shape index (κ3) is 4.49. The molecule has 0 bridgehead atoms. The van der Waals surface area contributed by atoms with E-state index in [0.717, 1.165) is 31.7 Å². The third-order valence-electron chi connectivity index (χ3n) is 3.66. The molecule has 0 aliphatic carbocycles. The molecule has 3 heterocycles. The Morgan fingerprint density at radius 1 is 1.43 bits per heavy atom. The number of rotatable bonds is 5. The maximum absolute atomic E-state index is 11.7. The highest BCUT2D eigenvalue weighted by Crippen LogP contribution is 2.14. The van der Waals surface area contributed by atoms with Gasteiger partial charge in [0.05, 0.1) is 31.2 Å². The third-order valence-corrected chi connectivity index (χ3v) is 3.66. The number of hydrogen-bond acceptors (Lipinski definition) is 6. The molecule has 1 aliphatic heterocycles. The SMILES string of the molecule is O=C(NCc1cn(-c2cccnc2)nn1)OCC1CCOCC1. The summed E-state index contributed by atoms with van der Waals surface area (Å²) in [5.74, 6) is 0.390. The average molecular weight is 317 g/mol. The molecule has 0 spiro atoms. The Morgan fingerprint density at radius 3 is 3.09 bits per heavy atom. The molecule has 2 aromatic rings. The van der Waals surface area contributed by atoms with Gasteiger partial charge in [-0.25, -0.2) is 9.48 Å². The minimum atomic E-state index is -0.438. The quantitative estimate of drug-likeness (QED) is 0.894. The van der Waals surface area contributed by atoms with Gasteiger partial charge in [0.15, 0.2) is 0 Å². The highest BCUT2D eigenvalue weighted by molar-refractivity contribution is 5.67. The molecule has 1 saturated heterocycles. The summed E-state index contributed by atoms with van der Waals surface area (Å²) in [7, 11) is 0. The summed E-state index contributed by atoms with van der Waals surface area (Å²) in [4.78, 5) is 15.7. The number of hydrogen-bond donors (Lipinski definition) is 1. The molecule has 8 nitrogen and oxygen atoms in total. The highest BCUT2D eigenvalue weighted by Gasteiger charge is 2.16. The molecule has 1 aliphatic rings. The molecule has 0 saturated carbocycles. The number of nitrogens with zero attached hydrogens (tertiary/aromatic N) is 4. The maximum Gasteiger partial charge on any atom is 0.407 e. The van der Waals surface area contributed by atoms with E-state index in [1.165, 1.54) is 0 Å². The zero-order valence-electron chi connectivity index (χ0n) is 12.7. The van der Waals surface area contributed by atoms with Crippen molar-refractivity contribution < 1.29 is 14.3 Å². The molecule has 0 atom stereocenters. The first-order chi connectivity index (χ1) is 11.3. The molecule has 0 aromatic carbocycles. The molecule has 3 rings (SSSR count). The van der Waals surface area contributed by atoms with Crippen LogP contribution in [0.3, 0.4) is 0 Å². The zero-order valence-corrected chi connectivity index (χ0v) is 12.7. The normalized spacial score (nSPS) is 15.3. The van der Waals surface area contributed by atoms with Crippen molar-refractivity contribution in [1.82, 2.24) is 25.3 Å². The van der Waals surface area contributed by atoms with E-state index in [9.17, 15) is 4.79 Å². The van der Waals surface area contributed by atoms with Gasteiger partial charge >= 0.3 is 6.09 Å². The van der Waals surface area contributed by atoms with Gasteiger partial charge in [0.2, 0.25) is 0 Å². The monoisotopic (exact) mass is 317 g/mol. The largest absolute Gasteiger partial charge is 0.449 e. The molecule has 0 unspecified atom stereocenters. The van der Waals surface area contributed by atoms with Crippen LogP contribution in [-0.2, 0) is 16.0 Å². The first kappa shape index (κ1) is 15.4. The smallest absolute Gasteiger partial charge is 0.407 e. The van der Waals surface area contributed by atoms with Crippen LogP contribution in [0.1, 0.15) is 18.5 Å². The van der Waals surface area contributed by atoms with Gasteiger partial charge < -0.3 is 14.8 Å². The van der Waals surface area contributed by atoms with Crippen LogP contribution >= 0.6 is 0 Å². The van der Waals surface area contributed by atoms with Crippen LogP contribution in [0.2, 0.25) is 0 Å². The fourth-order valence-electron chi connectivity index (χ4n) is 2.32. The topological polar surface area (TPSA) is 91.2 Å². The summed E-state index contributed by atoms with van der Waals surface area (Å²) in [5.41, 5.74) is 1.46. The summed E-state index contributed by atoms with van der Waals surface area (Å²) < 4.78 is 12.1. The molecular formula is C15H19N5O3. The summed E-state index contributed by atoms with van der Waals surface area (Å²) in [5, 5.41) is 10.7. The lowest BCUT2D eigenvalue weighted by molar-refractivity contribution is 0.0379. The van der Waals surface area contributed by atoms with Crippen LogP contribution in [0.15, 0.2) is 30.7 Å². The van der Waals surface area contributed by atoms with E-state index in [1.54, 1.807) is 23.3 Å². The average Bonchev–Trinajstić information content (AvgIpc) is 3.09. The van der Waals surface area contributed by atoms with Crippen molar-refractivity contribution in [2.75, 3.05) is 19.8 Å². The number of nitrogens with one attached hydrogen (secondary N) is 1. The highest BCUT2D eigenvalue weighted by atomic mass is 16.5. The van der Waals surface area contributed by atoms with Crippen molar-refractivity contribution in [3.05, 3.63) is 36.4 Å². The lowest BCUT2D eigenvalue weighted by atomic mass is 10.0. The van der Waals surface area contributed by atoms with Gasteiger partial charge in [-0.2, -0.15) is 0 Å². The second-order valence-electron chi connectivity index (χ2n) is 5.37. The van der Waals surface area contributed by atoms with Crippen molar-refractivity contribution in [1.29, 1.82) is 0 Å². The van der Waals surface area contributed by atoms with Crippen LogP contribution in [0.5, 0.6) is 0 Å². The first-order valence-corrected chi connectivity index (χ1v) is 7.61. The predicted molar refractivity (Wildman–Crippen MR) is 80.9 cm³/mol. The van der Waals surface area contributed by atoms with E-state index in [1.807, 2.05) is 12.1 Å². The van der Waals surface area contributed by atoms with Gasteiger partial charge in [-0.15, -0.1) is 5.10 Å². The van der Waals surface area contributed by atoms with Gasteiger partial charge in [-0.1, -0.05) is 5.21 Å². The minimum Gasteiger partial charge on any atom is -0.449 e. The first-order valence-electron chi connectivity index (χ1n) is 7.61. The number of carbonyl (C=O) groups is 1. The van der Waals surface area contributed by atoms with Crippen LogP contribution in [-0.4, -0.2) is 45.9 Å². The standard InChI is InChI=1S/C15H19N5O3/c21-15(23-11-12-3-6-22-7-4-12)17-8-13-10-20(19-18-13)14-2-1-5-16-9-14/h1-2,5,9-10,12H,3-4,6-8,11H2,(H,17,21). The zero-order chi connectivity index (χ0) is 15.9. The van der Waals surface area contributed by atoms with Gasteiger partial charge in [0.25, 0.3) is 0 Å². The molecule has 1 fully saturated rings. The lowest BCUT2D eigenvalue weighted by Crippen LogP contribution is -2.28. The Balaban J connectivity index is 1.43. The predicted octanol–water partition coefficient (Wildman–Crippen LogP) is 1.32. The molecule has 2 aromatic heterocycles. The van der Waals surface area contributed by atoms with E-state index in [2.05, 4.69) is 20.6 Å². The number of amides is 1. The van der Waals surface area contributed by atoms with Crippen molar-refractivity contribution in [3.63, 3.8) is 0 Å². The minimum absolute atomic E-state index is 0.271. The second kappa shape index (κ2) is 7.68. The summed E-state index contributed by atoms with van der Waals surface area (Å²) in [6.45, 7) is 2.19. The summed E-state index contributed by atoms with van der Waals surface area (Å²) >= 11 is 0. The fraction of sp³-hybridized carbons (Fsp3) is 0.467. The van der Waals surface area contributed by atoms with Crippen molar-refractivity contribution in [2.24, 2.45) is 5.92 Å². The summed E-state index contributed by atoms with van der Waals surface area (Å²) in [6, 6.07) is 3.70. The number of aromatic nitrogens is 4. The van der Waals surface area contributed by atoms with Gasteiger partial charge in [0, 0.05) is 19.4 Å². The molecule has 8 heteroatoms. The van der Waals surface area contributed by atoms with Crippen molar-refractivity contribution in [3.8, 4) is 5.69 Å². The Hall–Kier alpha value is -2.48. The molecule has 1 amide bonds. The second-order valence-corrected chi connectivity index (χ2v) is 5.37. The molecular weight excluding hydrogens is 298 g/mol. The van der Waals surface area contributed by atoms with Crippen molar-refractivity contribution >= 4 is 6.09 Å². The number of carbonyl (C=O) groups excluding carboxylic acids is 1. The molecule has 1 N–H and O–H groups in total. The molecule has 0 radical (unpaired) electrons. The van der Waals surface area contributed by atoms with Gasteiger partial charge in [-0.3, -0.25) is 4.98 Å². The van der Waals surface area contributed by atoms with Crippen LogP contribution in [0.4, 0.5) is 4.79 Å². The Kier molecular flexibility index (Phi) is 5.15. The van der Waals surface area contributed by atoms with Crippen LogP contribution < -0.4 is 5.32 Å². The van der Waals surface area contributed by atoms with E-state index < -0.39 is 6.09 Å². The van der Waals surface area contributed by atoms with Gasteiger partial charge in [-0.05, 0) is 30.9 Å². The summed E-state index contributed by atoms with van der Waals surface area (Å²) in [6.07, 6.45) is 6.56. The number of alkyl carbamates (subject to hydrolysis) is 1. The van der Waals surface area contributed by atoms with E-state index in [0.29, 0.717) is 18.2 Å². The van der Waals surface area contributed by atoms with E-state index >= 15 is 0 Å². The Labute approximate surface area is 133 Å². The fourth-order valence-corrected chi connectivity index (χ4v) is 2.32. The van der Waals surface area contributed by atoms with Crippen LogP contribution in [0.25, 0.3) is 5.69 Å². The molecule has 122 valence electrons. The Bertz CT molecular complexity index is 625. The number of ether oxygens (including phenoxy) is 2. The van der Waals surface area contributed by atoms with Gasteiger partial charge in [0.1, 0.15) is 5.69 Å². The van der Waals surface area contributed by atoms with E-state index in [-0.39, 0.29) is 6.54 Å².